The second-order valence-electron chi connectivity index (χ2n) is 7.05. The van der Waals surface area contributed by atoms with Crippen molar-refractivity contribution in [3.63, 3.8) is 0 Å². The molecule has 0 bridgehead atoms. The minimum absolute atomic E-state index is 0.140. The average Bonchev–Trinajstić information content (AvgIpc) is 3.06. The fourth-order valence-electron chi connectivity index (χ4n) is 3.32. The highest BCUT2D eigenvalue weighted by Crippen LogP contribution is 2.25. The van der Waals surface area contributed by atoms with Crippen LogP contribution in [0.4, 0.5) is 8.78 Å². The third-order valence-electron chi connectivity index (χ3n) is 4.81. The number of nitrogens with zero attached hydrogens (tertiary/aromatic N) is 2. The van der Waals surface area contributed by atoms with Gasteiger partial charge in [-0.3, -0.25) is 4.79 Å². The zero-order chi connectivity index (χ0) is 23.3. The van der Waals surface area contributed by atoms with Crippen molar-refractivity contribution in [3.05, 3.63) is 88.8 Å². The summed E-state index contributed by atoms with van der Waals surface area (Å²) in [6.07, 6.45) is 2.77. The van der Waals surface area contributed by atoms with Gasteiger partial charge < -0.3 is 10.1 Å². The molecular weight excluding hydrogens is 416 g/mol. The molecule has 0 unspecified atom stereocenters. The number of hydrogen-bond donors (Lipinski definition) is 1. The van der Waals surface area contributed by atoms with Crippen molar-refractivity contribution < 1.29 is 23.1 Å². The Labute approximate surface area is 184 Å². The molecule has 0 saturated heterocycles. The monoisotopic (exact) mass is 439 g/mol. The lowest BCUT2D eigenvalue weighted by Crippen LogP contribution is -2.34. The van der Waals surface area contributed by atoms with Gasteiger partial charge in [-0.05, 0) is 68.8 Å². The summed E-state index contributed by atoms with van der Waals surface area (Å²) in [5.41, 5.74) is 2.87. The molecule has 32 heavy (non-hydrogen) atoms. The summed E-state index contributed by atoms with van der Waals surface area (Å²) in [5, 5.41) is 7.13. The fourth-order valence-corrected chi connectivity index (χ4v) is 3.32. The minimum Gasteiger partial charge on any atom is -0.464 e. The van der Waals surface area contributed by atoms with Crippen LogP contribution >= 0.6 is 0 Å². The Bertz CT molecular complexity index is 1140. The second kappa shape index (κ2) is 10.00. The van der Waals surface area contributed by atoms with E-state index < -0.39 is 17.9 Å². The van der Waals surface area contributed by atoms with Gasteiger partial charge in [-0.15, -0.1) is 0 Å². The van der Waals surface area contributed by atoms with Gasteiger partial charge in [0.1, 0.15) is 11.6 Å². The molecule has 1 N–H and O–H groups in total. The molecule has 0 radical (unpaired) electrons. The van der Waals surface area contributed by atoms with Crippen molar-refractivity contribution in [2.45, 2.75) is 26.8 Å². The van der Waals surface area contributed by atoms with E-state index in [4.69, 9.17) is 4.74 Å². The van der Waals surface area contributed by atoms with E-state index in [0.717, 1.165) is 0 Å². The van der Waals surface area contributed by atoms with E-state index >= 15 is 0 Å². The highest BCUT2D eigenvalue weighted by Gasteiger charge is 2.30. The Balaban J connectivity index is 1.90. The molecule has 0 aliphatic heterocycles. The van der Waals surface area contributed by atoms with Gasteiger partial charge in [0.05, 0.1) is 18.0 Å². The Morgan fingerprint density at radius 1 is 1.06 bits per heavy atom. The van der Waals surface area contributed by atoms with Gasteiger partial charge in [-0.25, -0.2) is 18.3 Å². The third-order valence-corrected chi connectivity index (χ3v) is 4.81. The number of hydrogen-bond acceptors (Lipinski definition) is 4. The number of halogens is 2. The summed E-state index contributed by atoms with van der Waals surface area (Å²) < 4.78 is 33.1. The van der Waals surface area contributed by atoms with E-state index in [1.807, 2.05) is 0 Å². The number of ether oxygens (including phenoxy) is 1. The van der Waals surface area contributed by atoms with Crippen LogP contribution in [0.25, 0.3) is 11.8 Å². The van der Waals surface area contributed by atoms with E-state index in [0.29, 0.717) is 28.2 Å². The van der Waals surface area contributed by atoms with Gasteiger partial charge >= 0.3 is 5.97 Å². The van der Waals surface area contributed by atoms with Crippen molar-refractivity contribution in [1.82, 2.24) is 15.1 Å². The van der Waals surface area contributed by atoms with E-state index in [9.17, 15) is 18.4 Å². The van der Waals surface area contributed by atoms with Crippen LogP contribution in [0.5, 0.6) is 0 Å². The van der Waals surface area contributed by atoms with E-state index in [-0.39, 0.29) is 18.2 Å². The molecule has 166 valence electrons. The van der Waals surface area contributed by atoms with Gasteiger partial charge in [0, 0.05) is 17.3 Å². The van der Waals surface area contributed by atoms with Crippen molar-refractivity contribution in [2.75, 3.05) is 6.61 Å². The predicted octanol–water partition coefficient (Wildman–Crippen LogP) is 4.20. The summed E-state index contributed by atoms with van der Waals surface area (Å²) in [6.45, 7) is 5.29. The van der Waals surface area contributed by atoms with Crippen molar-refractivity contribution >= 4 is 18.0 Å². The number of amides is 1. The summed E-state index contributed by atoms with van der Waals surface area (Å²) in [7, 11) is 0. The highest BCUT2D eigenvalue weighted by molar-refractivity contribution is 5.95. The average molecular weight is 439 g/mol. The number of carbonyl (C=O) groups is 2. The maximum Gasteiger partial charge on any atom is 0.333 e. The highest BCUT2D eigenvalue weighted by atomic mass is 19.1. The van der Waals surface area contributed by atoms with E-state index in [1.165, 1.54) is 48.6 Å². The molecule has 0 saturated carbocycles. The van der Waals surface area contributed by atoms with Crippen LogP contribution in [0.1, 0.15) is 35.5 Å². The van der Waals surface area contributed by atoms with Crippen LogP contribution in [0.15, 0.2) is 54.6 Å². The quantitative estimate of drug-likeness (QED) is 0.442. The van der Waals surface area contributed by atoms with E-state index in [1.54, 1.807) is 37.6 Å². The van der Waals surface area contributed by atoms with Crippen LogP contribution in [0.2, 0.25) is 0 Å². The molecule has 8 heteroatoms. The largest absolute Gasteiger partial charge is 0.464 e. The molecule has 3 rings (SSSR count). The Morgan fingerprint density at radius 2 is 1.66 bits per heavy atom. The van der Waals surface area contributed by atoms with Gasteiger partial charge in [0.25, 0.3) is 0 Å². The van der Waals surface area contributed by atoms with Crippen molar-refractivity contribution in [3.8, 4) is 5.69 Å². The molecule has 1 heterocycles. The maximum absolute atomic E-state index is 13.3. The molecule has 1 atom stereocenters. The number of carbonyl (C=O) groups excluding carboxylic acids is 2. The molecule has 1 amide bonds. The molecule has 3 aromatic rings. The smallest absolute Gasteiger partial charge is 0.333 e. The Morgan fingerprint density at radius 3 is 2.25 bits per heavy atom. The van der Waals surface area contributed by atoms with Gasteiger partial charge in [0.2, 0.25) is 5.91 Å². The zero-order valence-corrected chi connectivity index (χ0v) is 17.9. The number of aryl methyl sites for hydroxylation is 1. The predicted molar refractivity (Wildman–Crippen MR) is 116 cm³/mol. The Hall–Kier alpha value is -3.81. The summed E-state index contributed by atoms with van der Waals surface area (Å²) in [5.74, 6) is -1.90. The maximum atomic E-state index is 13.3. The molecule has 0 fully saturated rings. The van der Waals surface area contributed by atoms with Crippen LogP contribution in [-0.4, -0.2) is 28.3 Å². The first-order valence-corrected chi connectivity index (χ1v) is 10.0. The first kappa shape index (κ1) is 22.9. The number of benzene rings is 2. The first-order chi connectivity index (χ1) is 15.3. The van der Waals surface area contributed by atoms with Gasteiger partial charge in [0.15, 0.2) is 6.04 Å². The standard InChI is InChI=1S/C24H23F2N3O3/c1-4-32-24(31)23(27-21(30)14-7-17-5-8-18(25)9-6-17)22-15(2)28-29(16(22)3)20-12-10-19(26)11-13-20/h5-14,23H,4H2,1-3H3,(H,27,30)/b14-7+/t23-/m0/s1. The molecule has 0 aliphatic rings. The lowest BCUT2D eigenvalue weighted by Gasteiger charge is -2.17. The third kappa shape index (κ3) is 5.26. The van der Waals surface area contributed by atoms with Gasteiger partial charge in [-0.2, -0.15) is 5.10 Å². The van der Waals surface area contributed by atoms with Crippen LogP contribution in [0, 0.1) is 25.5 Å². The normalized spacial score (nSPS) is 12.0. The summed E-state index contributed by atoms with van der Waals surface area (Å²) >= 11 is 0. The molecule has 6 nitrogen and oxygen atoms in total. The molecule has 0 spiro atoms. The van der Waals surface area contributed by atoms with Crippen LogP contribution < -0.4 is 5.32 Å². The first-order valence-electron chi connectivity index (χ1n) is 10.0. The lowest BCUT2D eigenvalue weighted by molar-refractivity contribution is -0.147. The Kier molecular flexibility index (Phi) is 7.14. The van der Waals surface area contributed by atoms with Gasteiger partial charge in [-0.1, -0.05) is 12.1 Å². The van der Waals surface area contributed by atoms with Crippen LogP contribution in [-0.2, 0) is 14.3 Å². The molecular formula is C24H23F2N3O3. The number of rotatable bonds is 7. The zero-order valence-electron chi connectivity index (χ0n) is 17.9. The fraction of sp³-hybridized carbons (Fsp3) is 0.208. The summed E-state index contributed by atoms with van der Waals surface area (Å²) in [4.78, 5) is 25.3. The SMILES string of the molecule is CCOC(=O)[C@@H](NC(=O)/C=C/c1ccc(F)cc1)c1c(C)nn(-c2ccc(F)cc2)c1C. The van der Waals surface area contributed by atoms with Crippen LogP contribution in [0.3, 0.4) is 0 Å². The second-order valence-corrected chi connectivity index (χ2v) is 7.05. The van der Waals surface area contributed by atoms with E-state index in [2.05, 4.69) is 10.4 Å². The number of esters is 1. The lowest BCUT2D eigenvalue weighted by atomic mass is 10.0. The number of aromatic nitrogens is 2. The minimum atomic E-state index is -1.09. The molecule has 1 aromatic heterocycles. The summed E-state index contributed by atoms with van der Waals surface area (Å²) in [6, 6.07) is 10.3. The molecule has 0 aliphatic carbocycles. The van der Waals surface area contributed by atoms with Crippen molar-refractivity contribution in [2.24, 2.45) is 0 Å². The number of nitrogens with one attached hydrogen (secondary N) is 1. The van der Waals surface area contributed by atoms with Crippen molar-refractivity contribution in [1.29, 1.82) is 0 Å². The topological polar surface area (TPSA) is 73.2 Å². The molecule has 2 aromatic carbocycles.